The summed E-state index contributed by atoms with van der Waals surface area (Å²) in [5.41, 5.74) is 0. The summed E-state index contributed by atoms with van der Waals surface area (Å²) in [7, 11) is 0. The number of carbonyl (C=O) groups is 3. The zero-order valence-electron chi connectivity index (χ0n) is 48.7. The fourth-order valence-corrected chi connectivity index (χ4v) is 9.83. The summed E-state index contributed by atoms with van der Waals surface area (Å²) >= 11 is 0. The van der Waals surface area contributed by atoms with Gasteiger partial charge in [-0.3, -0.25) is 14.4 Å². The van der Waals surface area contributed by atoms with Crippen molar-refractivity contribution < 1.29 is 28.6 Å². The maximum absolute atomic E-state index is 12.8. The van der Waals surface area contributed by atoms with Crippen LogP contribution in [0.1, 0.15) is 361 Å². The van der Waals surface area contributed by atoms with E-state index in [1.54, 1.807) is 0 Å². The van der Waals surface area contributed by atoms with E-state index < -0.39 is 6.10 Å². The van der Waals surface area contributed by atoms with E-state index in [0.29, 0.717) is 19.3 Å². The predicted molar refractivity (Wildman–Crippen MR) is 312 cm³/mol. The first kappa shape index (κ1) is 69.9. The molecule has 0 aromatic rings. The molecule has 0 radical (unpaired) electrons. The van der Waals surface area contributed by atoms with Crippen LogP contribution in [-0.4, -0.2) is 37.2 Å². The molecule has 0 N–H and O–H groups in total. The fraction of sp³-hybridized carbons (Fsp3) is 0.894. The van der Waals surface area contributed by atoms with Gasteiger partial charge in [0.05, 0.1) is 0 Å². The highest BCUT2D eigenvalue weighted by molar-refractivity contribution is 5.71. The third-order valence-corrected chi connectivity index (χ3v) is 14.7. The van der Waals surface area contributed by atoms with Crippen molar-refractivity contribution in [2.24, 2.45) is 0 Å². The minimum absolute atomic E-state index is 0.0731. The van der Waals surface area contributed by atoms with Crippen molar-refractivity contribution in [1.29, 1.82) is 0 Å². The molecule has 6 nitrogen and oxygen atoms in total. The molecule has 0 amide bonds. The van der Waals surface area contributed by atoms with Crippen LogP contribution in [-0.2, 0) is 28.6 Å². The van der Waals surface area contributed by atoms with Gasteiger partial charge in [-0.05, 0) is 51.4 Å². The fourth-order valence-electron chi connectivity index (χ4n) is 9.83. The van der Waals surface area contributed by atoms with E-state index in [9.17, 15) is 14.4 Å². The molecule has 0 aliphatic heterocycles. The molecule has 0 aromatic heterocycles. The summed E-state index contributed by atoms with van der Waals surface area (Å²) in [6.07, 6.45) is 74.1. The van der Waals surface area contributed by atoms with E-state index in [1.165, 1.54) is 238 Å². The van der Waals surface area contributed by atoms with Gasteiger partial charge in [0, 0.05) is 19.3 Å². The molecule has 1 atom stereocenters. The molecule has 1 unspecified atom stereocenters. The highest BCUT2D eigenvalue weighted by Crippen LogP contribution is 2.18. The van der Waals surface area contributed by atoms with Gasteiger partial charge < -0.3 is 14.2 Å². The van der Waals surface area contributed by atoms with Crippen LogP contribution in [0.5, 0.6) is 0 Å². The van der Waals surface area contributed by atoms with Crippen molar-refractivity contribution in [3.63, 3.8) is 0 Å². The van der Waals surface area contributed by atoms with Gasteiger partial charge in [0.15, 0.2) is 6.10 Å². The number of allylic oxidation sites excluding steroid dienone is 4. The molecule has 0 aliphatic carbocycles. The van der Waals surface area contributed by atoms with Gasteiger partial charge in [-0.1, -0.05) is 315 Å². The number of unbranched alkanes of at least 4 members (excludes halogenated alkanes) is 45. The number of carbonyl (C=O) groups excluding carboxylic acids is 3. The number of rotatable bonds is 60. The summed E-state index contributed by atoms with van der Waals surface area (Å²) < 4.78 is 16.7. The van der Waals surface area contributed by atoms with E-state index >= 15 is 0 Å². The summed E-state index contributed by atoms with van der Waals surface area (Å²) in [6, 6.07) is 0. The highest BCUT2D eigenvalue weighted by Gasteiger charge is 2.19. The Bertz CT molecular complexity index is 1160. The van der Waals surface area contributed by atoms with Crippen molar-refractivity contribution in [3.8, 4) is 0 Å². The van der Waals surface area contributed by atoms with Crippen molar-refractivity contribution in [2.75, 3.05) is 13.2 Å². The first-order valence-corrected chi connectivity index (χ1v) is 32.3. The number of hydrogen-bond acceptors (Lipinski definition) is 6. The number of esters is 3. The van der Waals surface area contributed by atoms with E-state index in [2.05, 4.69) is 45.1 Å². The van der Waals surface area contributed by atoms with Gasteiger partial charge in [-0.2, -0.15) is 0 Å². The van der Waals surface area contributed by atoms with Crippen LogP contribution in [0.25, 0.3) is 0 Å². The Morgan fingerprint density at radius 3 is 0.778 bits per heavy atom. The second-order valence-electron chi connectivity index (χ2n) is 22.0. The number of ether oxygens (including phenoxy) is 3. The lowest BCUT2D eigenvalue weighted by molar-refractivity contribution is -0.167. The third-order valence-electron chi connectivity index (χ3n) is 14.7. The van der Waals surface area contributed by atoms with Crippen LogP contribution in [0, 0.1) is 0 Å². The van der Waals surface area contributed by atoms with Gasteiger partial charge in [-0.25, -0.2) is 0 Å². The van der Waals surface area contributed by atoms with E-state index in [0.717, 1.165) is 83.5 Å². The lowest BCUT2D eigenvalue weighted by Crippen LogP contribution is -2.30. The van der Waals surface area contributed by atoms with Crippen LogP contribution >= 0.6 is 0 Å². The molecule has 0 fully saturated rings. The van der Waals surface area contributed by atoms with Crippen LogP contribution in [0.3, 0.4) is 0 Å². The minimum atomic E-state index is -0.772. The normalized spacial score (nSPS) is 12.1. The Balaban J connectivity index is 3.87. The molecule has 0 heterocycles. The first-order chi connectivity index (χ1) is 35.5. The van der Waals surface area contributed by atoms with Gasteiger partial charge in [0.1, 0.15) is 13.2 Å². The van der Waals surface area contributed by atoms with Crippen LogP contribution in [0.2, 0.25) is 0 Å². The van der Waals surface area contributed by atoms with Gasteiger partial charge in [-0.15, -0.1) is 0 Å². The number of hydrogen-bond donors (Lipinski definition) is 0. The summed E-state index contributed by atoms with van der Waals surface area (Å²) in [4.78, 5) is 37.8. The standard InChI is InChI=1S/C66H124O6/c1-4-7-10-13-15-17-19-21-23-25-26-27-28-29-30-31-32-33-34-35-36-37-38-39-40-41-43-44-46-48-50-53-56-59-65(68)71-62-63(61-70-64(67)58-55-52-12-9-6-3)72-66(69)60-57-54-51-49-47-45-42-24-22-20-18-16-14-11-8-5-2/h18,20,24,42,63H,4-17,19,21-23,25-41,43-62H2,1-3H3/b20-18-,42-24-. The Labute approximate surface area is 449 Å². The molecule has 0 bridgehead atoms. The van der Waals surface area contributed by atoms with Crippen molar-refractivity contribution in [1.82, 2.24) is 0 Å². The minimum Gasteiger partial charge on any atom is -0.462 e. The largest absolute Gasteiger partial charge is 0.462 e. The Morgan fingerprint density at radius 1 is 0.278 bits per heavy atom. The molecule has 0 aromatic carbocycles. The lowest BCUT2D eigenvalue weighted by atomic mass is 10.0. The lowest BCUT2D eigenvalue weighted by Gasteiger charge is -2.18. The summed E-state index contributed by atoms with van der Waals surface area (Å²) in [5.74, 6) is -0.882. The van der Waals surface area contributed by atoms with Gasteiger partial charge in [0.25, 0.3) is 0 Å². The second-order valence-corrected chi connectivity index (χ2v) is 22.0. The zero-order valence-corrected chi connectivity index (χ0v) is 48.7. The van der Waals surface area contributed by atoms with Crippen LogP contribution in [0.4, 0.5) is 0 Å². The zero-order chi connectivity index (χ0) is 52.2. The van der Waals surface area contributed by atoms with Crippen molar-refractivity contribution in [3.05, 3.63) is 24.3 Å². The van der Waals surface area contributed by atoms with Crippen LogP contribution < -0.4 is 0 Å². The highest BCUT2D eigenvalue weighted by atomic mass is 16.6. The smallest absolute Gasteiger partial charge is 0.306 e. The summed E-state index contributed by atoms with van der Waals surface area (Å²) in [5, 5.41) is 0. The van der Waals surface area contributed by atoms with E-state index in [4.69, 9.17) is 14.2 Å². The van der Waals surface area contributed by atoms with Gasteiger partial charge >= 0.3 is 17.9 Å². The molecule has 72 heavy (non-hydrogen) atoms. The first-order valence-electron chi connectivity index (χ1n) is 32.3. The van der Waals surface area contributed by atoms with E-state index in [1.807, 2.05) is 0 Å². The molecule has 0 rings (SSSR count). The Morgan fingerprint density at radius 2 is 0.500 bits per heavy atom. The molecule has 0 saturated carbocycles. The maximum atomic E-state index is 12.8. The summed E-state index contributed by atoms with van der Waals surface area (Å²) in [6.45, 7) is 6.58. The van der Waals surface area contributed by atoms with Crippen molar-refractivity contribution >= 4 is 17.9 Å². The molecule has 0 spiro atoms. The average molecular weight is 1010 g/mol. The molecule has 424 valence electrons. The SMILES string of the molecule is CCCCCC/C=C\C/C=C\CCCCCCCC(=O)OC(COC(=O)CCCCCCC)COC(=O)CCCCCCCCCCCCCCCCCCCCCCCCCCCCCCCCCCC. The third kappa shape index (κ3) is 58.8. The Kier molecular flexibility index (Phi) is 59.6. The maximum Gasteiger partial charge on any atom is 0.306 e. The topological polar surface area (TPSA) is 78.9 Å². The average Bonchev–Trinajstić information content (AvgIpc) is 3.38. The quantitative estimate of drug-likeness (QED) is 0.0261. The predicted octanol–water partition coefficient (Wildman–Crippen LogP) is 21.8. The van der Waals surface area contributed by atoms with E-state index in [-0.39, 0.29) is 31.1 Å². The van der Waals surface area contributed by atoms with Crippen molar-refractivity contribution in [2.45, 2.75) is 367 Å². The Hall–Kier alpha value is -2.11. The molecule has 0 aliphatic rings. The molecular formula is C66H124O6. The monoisotopic (exact) mass is 1010 g/mol. The second kappa shape index (κ2) is 61.4. The van der Waals surface area contributed by atoms with Crippen LogP contribution in [0.15, 0.2) is 24.3 Å². The molecular weight excluding hydrogens is 889 g/mol. The molecule has 6 heteroatoms. The molecule has 0 saturated heterocycles. The van der Waals surface area contributed by atoms with Gasteiger partial charge in [0.2, 0.25) is 0 Å².